The van der Waals surface area contributed by atoms with Crippen LogP contribution in [-0.2, 0) is 4.57 Å². The maximum atomic E-state index is 12.2. The molecule has 0 saturated carbocycles. The van der Waals surface area contributed by atoms with Gasteiger partial charge in [-0.05, 0) is 67.7 Å². The molecule has 1 aliphatic heterocycles. The van der Waals surface area contributed by atoms with Crippen molar-refractivity contribution in [2.24, 2.45) is 0 Å². The Morgan fingerprint density at radius 1 is 0.871 bits per heavy atom. The normalized spacial score (nSPS) is 14.9. The summed E-state index contributed by atoms with van der Waals surface area (Å²) in [5.74, 6) is 0.962. The van der Waals surface area contributed by atoms with Gasteiger partial charge in [0.25, 0.3) is 0 Å². The van der Waals surface area contributed by atoms with Crippen molar-refractivity contribution in [3.05, 3.63) is 59.9 Å². The average molecular weight is 457 g/mol. The van der Waals surface area contributed by atoms with Crippen LogP contribution in [0.25, 0.3) is 0 Å². The molecule has 1 aromatic heterocycles. The lowest BCUT2D eigenvalue weighted by Gasteiger charge is -2.23. The largest absolute Gasteiger partial charge is 0.370 e. The van der Waals surface area contributed by atoms with Crippen LogP contribution in [0, 0.1) is 0 Å². The summed E-state index contributed by atoms with van der Waals surface area (Å²) in [6.07, 6.45) is 0.997. The minimum Gasteiger partial charge on any atom is -0.370 e. The van der Waals surface area contributed by atoms with Gasteiger partial charge >= 0.3 is 0 Å². The van der Waals surface area contributed by atoms with E-state index in [1.807, 2.05) is 30.3 Å². The van der Waals surface area contributed by atoms with E-state index in [2.05, 4.69) is 54.3 Å². The molecule has 2 aromatic carbocycles. The van der Waals surface area contributed by atoms with E-state index in [0.717, 1.165) is 43.6 Å². The van der Waals surface area contributed by atoms with Gasteiger partial charge in [-0.2, -0.15) is 15.0 Å². The third-order valence-corrected chi connectivity index (χ3v) is 6.95. The molecular formula is C22H26ClN6OP. The smallest absolute Gasteiger partial charge is 0.233 e. The summed E-state index contributed by atoms with van der Waals surface area (Å²) in [4.78, 5) is 17.7. The van der Waals surface area contributed by atoms with Crippen molar-refractivity contribution in [1.82, 2.24) is 15.0 Å². The molecule has 0 unspecified atom stereocenters. The van der Waals surface area contributed by atoms with Crippen LogP contribution < -0.4 is 20.4 Å². The van der Waals surface area contributed by atoms with E-state index in [-0.39, 0.29) is 5.28 Å². The summed E-state index contributed by atoms with van der Waals surface area (Å²) in [5, 5.41) is 4.17. The van der Waals surface area contributed by atoms with Gasteiger partial charge in [-0.3, -0.25) is 0 Å². The van der Waals surface area contributed by atoms with Crippen molar-refractivity contribution < 1.29 is 4.57 Å². The lowest BCUT2D eigenvalue weighted by molar-refractivity contribution is 0.588. The monoisotopic (exact) mass is 456 g/mol. The maximum absolute atomic E-state index is 12.2. The van der Waals surface area contributed by atoms with Crippen LogP contribution >= 0.6 is 18.7 Å². The van der Waals surface area contributed by atoms with Crippen LogP contribution in [0.4, 0.5) is 23.3 Å². The first-order chi connectivity index (χ1) is 14.9. The Hall–Kier alpha value is -2.63. The zero-order valence-electron chi connectivity index (χ0n) is 17.7. The van der Waals surface area contributed by atoms with Crippen molar-refractivity contribution in [3.8, 4) is 0 Å². The summed E-state index contributed by atoms with van der Waals surface area (Å²) < 4.78 is 12.2. The van der Waals surface area contributed by atoms with E-state index in [0.29, 0.717) is 11.9 Å². The number of halogens is 1. The zero-order chi connectivity index (χ0) is 21.8. The second kappa shape index (κ2) is 9.25. The fourth-order valence-corrected chi connectivity index (χ4v) is 4.61. The van der Waals surface area contributed by atoms with Crippen molar-refractivity contribution in [2.75, 3.05) is 54.6 Å². The number of hydrogen-bond acceptors (Lipinski definition) is 7. The maximum Gasteiger partial charge on any atom is 0.233 e. The van der Waals surface area contributed by atoms with E-state index >= 15 is 0 Å². The number of rotatable bonds is 5. The van der Waals surface area contributed by atoms with Gasteiger partial charge in [0.1, 0.15) is 7.14 Å². The molecule has 31 heavy (non-hydrogen) atoms. The molecule has 9 heteroatoms. The first kappa shape index (κ1) is 21.6. The summed E-state index contributed by atoms with van der Waals surface area (Å²) in [7, 11) is -2.29. The Labute approximate surface area is 187 Å². The highest BCUT2D eigenvalue weighted by Crippen LogP contribution is 2.34. The van der Waals surface area contributed by atoms with E-state index < -0.39 is 7.14 Å². The minimum absolute atomic E-state index is 0.153. The topological polar surface area (TPSA) is 74.2 Å². The molecule has 1 saturated heterocycles. The quantitative estimate of drug-likeness (QED) is 0.576. The Morgan fingerprint density at radius 2 is 1.55 bits per heavy atom. The number of aromatic nitrogens is 3. The molecule has 0 bridgehead atoms. The molecule has 0 spiro atoms. The van der Waals surface area contributed by atoms with Gasteiger partial charge in [0.05, 0.1) is 0 Å². The van der Waals surface area contributed by atoms with Gasteiger partial charge in [0.15, 0.2) is 0 Å². The Balaban J connectivity index is 1.48. The van der Waals surface area contributed by atoms with E-state index in [4.69, 9.17) is 11.6 Å². The lowest BCUT2D eigenvalue weighted by atomic mass is 10.3. The first-order valence-corrected chi connectivity index (χ1v) is 13.3. The van der Waals surface area contributed by atoms with Crippen molar-refractivity contribution in [2.45, 2.75) is 6.42 Å². The van der Waals surface area contributed by atoms with E-state index in [1.54, 1.807) is 13.3 Å². The van der Waals surface area contributed by atoms with Crippen LogP contribution in [0.5, 0.6) is 0 Å². The molecule has 1 N–H and O–H groups in total. The van der Waals surface area contributed by atoms with Crippen LogP contribution in [0.1, 0.15) is 6.42 Å². The van der Waals surface area contributed by atoms with Gasteiger partial charge < -0.3 is 19.7 Å². The van der Waals surface area contributed by atoms with Crippen LogP contribution in [0.3, 0.4) is 0 Å². The molecular weight excluding hydrogens is 431 g/mol. The van der Waals surface area contributed by atoms with Crippen LogP contribution in [0.15, 0.2) is 54.6 Å². The number of para-hydroxylation sites is 1. The molecule has 0 atom stereocenters. The second-order valence-electron chi connectivity index (χ2n) is 7.91. The van der Waals surface area contributed by atoms with Crippen LogP contribution in [-0.4, -0.2) is 54.5 Å². The third-order valence-electron chi connectivity index (χ3n) is 5.24. The van der Waals surface area contributed by atoms with Gasteiger partial charge in [-0.15, -0.1) is 0 Å². The third kappa shape index (κ3) is 5.54. The van der Waals surface area contributed by atoms with Crippen molar-refractivity contribution in [1.29, 1.82) is 0 Å². The molecule has 3 aromatic rings. The molecule has 0 radical (unpaired) electrons. The highest BCUT2D eigenvalue weighted by molar-refractivity contribution is 7.70. The highest BCUT2D eigenvalue weighted by atomic mass is 35.5. The molecule has 7 nitrogen and oxygen atoms in total. The molecule has 1 fully saturated rings. The summed E-state index contributed by atoms with van der Waals surface area (Å²) in [6, 6.07) is 17.9. The predicted molar refractivity (Wildman–Crippen MR) is 129 cm³/mol. The van der Waals surface area contributed by atoms with Gasteiger partial charge in [-0.1, -0.05) is 18.2 Å². The number of benzene rings is 2. The molecule has 4 rings (SSSR count). The standard InChI is InChI=1S/C22H26ClN6OP/c1-31(2,30)19-11-9-17(10-12-19)24-21-25-20(23)26-22(27-21)29-14-6-13-28(15-16-29)18-7-4-3-5-8-18/h3-5,7-12H,6,13-16H2,1-2H3,(H,24,25,26,27). The van der Waals surface area contributed by atoms with Crippen molar-refractivity contribution >= 4 is 47.3 Å². The lowest BCUT2D eigenvalue weighted by Crippen LogP contribution is -2.31. The molecule has 0 amide bonds. The Morgan fingerprint density at radius 3 is 2.26 bits per heavy atom. The Kier molecular flexibility index (Phi) is 6.44. The SMILES string of the molecule is CP(C)(=O)c1ccc(Nc2nc(Cl)nc(N3CCCN(c4ccccc4)CC3)n2)cc1. The first-order valence-electron chi connectivity index (χ1n) is 10.3. The molecule has 2 heterocycles. The zero-order valence-corrected chi connectivity index (χ0v) is 19.4. The second-order valence-corrected chi connectivity index (χ2v) is 11.5. The molecule has 162 valence electrons. The van der Waals surface area contributed by atoms with Gasteiger partial charge in [-0.25, -0.2) is 0 Å². The van der Waals surface area contributed by atoms with E-state index in [9.17, 15) is 4.57 Å². The van der Waals surface area contributed by atoms with Crippen LogP contribution in [0.2, 0.25) is 5.28 Å². The van der Waals surface area contributed by atoms with Gasteiger partial charge in [0, 0.05) is 42.9 Å². The molecule has 1 aliphatic rings. The Bertz CT molecular complexity index is 1070. The number of nitrogens with one attached hydrogen (secondary N) is 1. The summed E-state index contributed by atoms with van der Waals surface area (Å²) >= 11 is 6.21. The predicted octanol–water partition coefficient (Wildman–Crippen LogP) is 4.23. The summed E-state index contributed by atoms with van der Waals surface area (Å²) in [6.45, 7) is 7.02. The highest BCUT2D eigenvalue weighted by Gasteiger charge is 2.19. The minimum atomic E-state index is -2.29. The summed E-state index contributed by atoms with van der Waals surface area (Å²) in [5.41, 5.74) is 2.03. The fraction of sp³-hybridized carbons (Fsp3) is 0.318. The average Bonchev–Trinajstić information content (AvgIpc) is 3.00. The number of hydrogen-bond donors (Lipinski definition) is 1. The number of anilines is 4. The fourth-order valence-electron chi connectivity index (χ4n) is 3.58. The van der Waals surface area contributed by atoms with Gasteiger partial charge in [0.2, 0.25) is 17.2 Å². The van der Waals surface area contributed by atoms with E-state index in [1.165, 1.54) is 5.69 Å². The molecule has 0 aliphatic carbocycles. The number of nitrogens with zero attached hydrogens (tertiary/aromatic N) is 5. The van der Waals surface area contributed by atoms with Crippen molar-refractivity contribution in [3.63, 3.8) is 0 Å².